The van der Waals surface area contributed by atoms with Gasteiger partial charge >= 0.3 is 12.1 Å². The van der Waals surface area contributed by atoms with Crippen LogP contribution in [0.3, 0.4) is 0 Å². The van der Waals surface area contributed by atoms with Crippen LogP contribution in [-0.2, 0) is 14.3 Å². The molecule has 1 unspecified atom stereocenters. The highest BCUT2D eigenvalue weighted by molar-refractivity contribution is 5.86. The number of carboxylic acid groups (broad SMARTS) is 1. The number of carboxylic acids is 1. The van der Waals surface area contributed by atoms with Crippen molar-refractivity contribution in [3.63, 3.8) is 0 Å². The molecule has 0 saturated carbocycles. The Labute approximate surface area is 188 Å². The predicted octanol–water partition coefficient (Wildman–Crippen LogP) is 3.92. The zero-order valence-corrected chi connectivity index (χ0v) is 18.6. The number of fused-ring (bicyclic) bond motifs is 3. The van der Waals surface area contributed by atoms with E-state index in [1.807, 2.05) is 50.2 Å². The molecule has 0 heterocycles. The van der Waals surface area contributed by atoms with Gasteiger partial charge in [0, 0.05) is 12.0 Å². The summed E-state index contributed by atoms with van der Waals surface area (Å²) in [7, 11) is 0. The van der Waals surface area contributed by atoms with Gasteiger partial charge in [0.05, 0.1) is 6.42 Å². The third-order valence-corrected chi connectivity index (χ3v) is 5.89. The topological polar surface area (TPSA) is 105 Å². The van der Waals surface area contributed by atoms with E-state index in [-0.39, 0.29) is 24.9 Å². The van der Waals surface area contributed by atoms with Gasteiger partial charge in [0.15, 0.2) is 0 Å². The summed E-state index contributed by atoms with van der Waals surface area (Å²) in [5.74, 6) is -1.52. The number of nitrogens with one attached hydrogen (secondary N) is 2. The molecule has 0 spiro atoms. The van der Waals surface area contributed by atoms with Gasteiger partial charge in [0.1, 0.15) is 12.6 Å². The predicted molar refractivity (Wildman–Crippen MR) is 121 cm³/mol. The fourth-order valence-corrected chi connectivity index (χ4v) is 4.06. The van der Waals surface area contributed by atoms with E-state index in [9.17, 15) is 14.4 Å². The molecule has 0 aliphatic heterocycles. The van der Waals surface area contributed by atoms with Crippen LogP contribution >= 0.6 is 0 Å². The maximum absolute atomic E-state index is 12.6. The van der Waals surface area contributed by atoms with E-state index < -0.39 is 30.1 Å². The number of carbonyl (C=O) groups excluding carboxylic acids is 2. The van der Waals surface area contributed by atoms with Crippen molar-refractivity contribution >= 4 is 18.0 Å². The van der Waals surface area contributed by atoms with Gasteiger partial charge in [0.25, 0.3) is 0 Å². The normalized spacial score (nSPS) is 14.2. The smallest absolute Gasteiger partial charge is 0.407 e. The van der Waals surface area contributed by atoms with E-state index >= 15 is 0 Å². The van der Waals surface area contributed by atoms with Crippen LogP contribution in [-0.4, -0.2) is 41.8 Å². The van der Waals surface area contributed by atoms with Crippen LogP contribution in [0.5, 0.6) is 0 Å². The van der Waals surface area contributed by atoms with Crippen molar-refractivity contribution in [1.29, 1.82) is 0 Å². The molecule has 170 valence electrons. The van der Waals surface area contributed by atoms with Gasteiger partial charge in [-0.25, -0.2) is 4.79 Å². The maximum Gasteiger partial charge on any atom is 0.407 e. The molecule has 0 saturated heterocycles. The molecule has 3 N–H and O–H groups in total. The van der Waals surface area contributed by atoms with Gasteiger partial charge in [-0.3, -0.25) is 9.59 Å². The molecule has 2 atom stereocenters. The van der Waals surface area contributed by atoms with E-state index in [1.54, 1.807) is 6.92 Å². The molecule has 2 amide bonds. The Morgan fingerprint density at radius 1 is 0.969 bits per heavy atom. The zero-order valence-electron chi connectivity index (χ0n) is 18.6. The lowest BCUT2D eigenvalue weighted by atomic mass is 9.98. The molecule has 2 aromatic carbocycles. The minimum absolute atomic E-state index is 0.0537. The van der Waals surface area contributed by atoms with Gasteiger partial charge in [0.2, 0.25) is 5.91 Å². The first kappa shape index (κ1) is 23.3. The van der Waals surface area contributed by atoms with Crippen LogP contribution in [0.4, 0.5) is 4.79 Å². The van der Waals surface area contributed by atoms with Crippen LogP contribution in [0.15, 0.2) is 48.5 Å². The van der Waals surface area contributed by atoms with Gasteiger partial charge < -0.3 is 20.5 Å². The van der Waals surface area contributed by atoms with E-state index in [4.69, 9.17) is 9.84 Å². The summed E-state index contributed by atoms with van der Waals surface area (Å²) in [6.45, 7) is 5.61. The molecule has 0 fully saturated rings. The number of carbonyl (C=O) groups is 3. The van der Waals surface area contributed by atoms with Gasteiger partial charge in [-0.1, -0.05) is 69.3 Å². The molecule has 0 radical (unpaired) electrons. The van der Waals surface area contributed by atoms with Gasteiger partial charge in [-0.05, 0) is 34.6 Å². The quantitative estimate of drug-likeness (QED) is 0.550. The minimum Gasteiger partial charge on any atom is -0.481 e. The first-order valence-electron chi connectivity index (χ1n) is 11.0. The molecule has 32 heavy (non-hydrogen) atoms. The Bertz CT molecular complexity index is 942. The average molecular weight is 439 g/mol. The maximum atomic E-state index is 12.6. The van der Waals surface area contributed by atoms with E-state index in [0.29, 0.717) is 6.42 Å². The van der Waals surface area contributed by atoms with Gasteiger partial charge in [-0.2, -0.15) is 0 Å². The number of ether oxygens (including phenoxy) is 1. The molecule has 0 bridgehead atoms. The third-order valence-electron chi connectivity index (χ3n) is 5.89. The molecular weight excluding hydrogens is 408 g/mol. The van der Waals surface area contributed by atoms with Crippen LogP contribution in [0.25, 0.3) is 11.1 Å². The van der Waals surface area contributed by atoms with Crippen molar-refractivity contribution < 1.29 is 24.2 Å². The van der Waals surface area contributed by atoms with Crippen molar-refractivity contribution in [2.45, 2.75) is 51.6 Å². The van der Waals surface area contributed by atoms with E-state index in [1.165, 1.54) is 0 Å². The summed E-state index contributed by atoms with van der Waals surface area (Å²) in [5, 5.41) is 14.4. The standard InChI is InChI=1S/C25H30N2O5/c1-4-21(24(30)26-22(15(2)3)13-23(28)29)27-25(31)32-14-20-18-11-7-5-9-16(18)17-10-6-8-12-19(17)20/h5-12,15,20-22H,4,13-14H2,1-3H3,(H,26,30)(H,27,31)(H,28,29)/t21-,22?/m1/s1. The SMILES string of the molecule is CC[C@@H](NC(=O)OCC1c2ccccc2-c2ccccc21)C(=O)NC(CC(=O)O)C(C)C. The fraction of sp³-hybridized carbons (Fsp3) is 0.400. The highest BCUT2D eigenvalue weighted by Crippen LogP contribution is 2.44. The number of alkyl carbamates (subject to hydrolysis) is 1. The van der Waals surface area contributed by atoms with Crippen LogP contribution in [0.1, 0.15) is 50.7 Å². The number of hydrogen-bond donors (Lipinski definition) is 3. The minimum atomic E-state index is -0.985. The molecule has 3 rings (SSSR count). The first-order chi connectivity index (χ1) is 15.3. The monoisotopic (exact) mass is 438 g/mol. The highest BCUT2D eigenvalue weighted by Gasteiger charge is 2.30. The second-order valence-electron chi connectivity index (χ2n) is 8.39. The lowest BCUT2D eigenvalue weighted by molar-refractivity contribution is -0.138. The van der Waals surface area contributed by atoms with Crippen LogP contribution in [0, 0.1) is 5.92 Å². The third kappa shape index (κ3) is 5.28. The molecule has 2 aromatic rings. The highest BCUT2D eigenvalue weighted by atomic mass is 16.5. The summed E-state index contributed by atoms with van der Waals surface area (Å²) in [4.78, 5) is 36.2. The van der Waals surface area contributed by atoms with E-state index in [0.717, 1.165) is 22.3 Å². The van der Waals surface area contributed by atoms with Crippen molar-refractivity contribution in [2.24, 2.45) is 5.92 Å². The number of hydrogen-bond acceptors (Lipinski definition) is 4. The summed E-state index contributed by atoms with van der Waals surface area (Å²) in [6, 6.07) is 14.8. The number of benzene rings is 2. The molecule has 1 aliphatic carbocycles. The van der Waals surface area contributed by atoms with Crippen molar-refractivity contribution in [3.8, 4) is 11.1 Å². The Hall–Kier alpha value is -3.35. The lowest BCUT2D eigenvalue weighted by Gasteiger charge is -2.24. The number of rotatable bonds is 9. The van der Waals surface area contributed by atoms with E-state index in [2.05, 4.69) is 22.8 Å². The Morgan fingerprint density at radius 3 is 2.03 bits per heavy atom. The van der Waals surface area contributed by atoms with Gasteiger partial charge in [-0.15, -0.1) is 0 Å². The number of amides is 2. The Kier molecular flexibility index (Phi) is 7.51. The Morgan fingerprint density at radius 2 is 1.53 bits per heavy atom. The lowest BCUT2D eigenvalue weighted by Crippen LogP contribution is -2.51. The summed E-state index contributed by atoms with van der Waals surface area (Å²) in [5.41, 5.74) is 4.50. The largest absolute Gasteiger partial charge is 0.481 e. The fourth-order valence-electron chi connectivity index (χ4n) is 4.06. The molecule has 7 nitrogen and oxygen atoms in total. The van der Waals surface area contributed by atoms with Crippen molar-refractivity contribution in [1.82, 2.24) is 10.6 Å². The first-order valence-corrected chi connectivity index (χ1v) is 11.0. The molecule has 1 aliphatic rings. The van der Waals surface area contributed by atoms with Crippen molar-refractivity contribution in [3.05, 3.63) is 59.7 Å². The molecular formula is C25H30N2O5. The van der Waals surface area contributed by atoms with Crippen LogP contribution < -0.4 is 10.6 Å². The zero-order chi connectivity index (χ0) is 23.3. The van der Waals surface area contributed by atoms with Crippen molar-refractivity contribution in [2.75, 3.05) is 6.61 Å². The number of aliphatic carboxylic acids is 1. The summed E-state index contributed by atoms with van der Waals surface area (Å²) >= 11 is 0. The second-order valence-corrected chi connectivity index (χ2v) is 8.39. The summed E-state index contributed by atoms with van der Waals surface area (Å²) < 4.78 is 5.51. The second kappa shape index (κ2) is 10.3. The molecule has 7 heteroatoms. The summed E-state index contributed by atoms with van der Waals surface area (Å²) in [6.07, 6.45) is -0.494. The van der Waals surface area contributed by atoms with Crippen LogP contribution in [0.2, 0.25) is 0 Å². The average Bonchev–Trinajstić information content (AvgIpc) is 3.09. The Balaban J connectivity index is 1.61. The molecule has 0 aromatic heterocycles.